The van der Waals surface area contributed by atoms with E-state index in [2.05, 4.69) is 0 Å². The topological polar surface area (TPSA) is 60.9 Å². The maximum Gasteiger partial charge on any atom is 0.233 e. The molecule has 2 saturated heterocycles. The van der Waals surface area contributed by atoms with Gasteiger partial charge in [-0.05, 0) is 25.0 Å². The first-order chi connectivity index (χ1) is 13.6. The third kappa shape index (κ3) is 3.50. The molecule has 150 valence electrons. The zero-order chi connectivity index (χ0) is 19.7. The average Bonchev–Trinajstić information content (AvgIpc) is 2.97. The van der Waals surface area contributed by atoms with Crippen molar-refractivity contribution in [3.05, 3.63) is 30.1 Å². The van der Waals surface area contributed by atoms with Crippen LogP contribution >= 0.6 is 0 Å². The van der Waals surface area contributed by atoms with Crippen molar-refractivity contribution in [3.63, 3.8) is 0 Å². The number of benzene rings is 1. The molecule has 6 nitrogen and oxygen atoms in total. The number of anilines is 1. The number of imide groups is 1. The van der Waals surface area contributed by atoms with E-state index in [9.17, 15) is 18.8 Å². The van der Waals surface area contributed by atoms with Gasteiger partial charge >= 0.3 is 0 Å². The van der Waals surface area contributed by atoms with Crippen LogP contribution in [0, 0.1) is 17.7 Å². The minimum atomic E-state index is -0.255. The smallest absolute Gasteiger partial charge is 0.233 e. The molecule has 2 atom stereocenters. The summed E-state index contributed by atoms with van der Waals surface area (Å²) in [6.07, 6.45) is 3.74. The minimum Gasteiger partial charge on any atom is -0.366 e. The van der Waals surface area contributed by atoms with E-state index in [4.69, 9.17) is 0 Å². The molecule has 0 bridgehead atoms. The average molecular weight is 387 g/mol. The van der Waals surface area contributed by atoms with Crippen molar-refractivity contribution >= 4 is 23.4 Å². The molecule has 2 unspecified atom stereocenters. The molecule has 3 aliphatic rings. The molecule has 3 amide bonds. The number of carbonyl (C=O) groups excluding carboxylic acids is 3. The summed E-state index contributed by atoms with van der Waals surface area (Å²) in [5.74, 6) is -0.821. The number of nitrogens with zero attached hydrogens (tertiary/aromatic N) is 3. The number of piperazine rings is 1. The molecule has 3 fully saturated rings. The zero-order valence-corrected chi connectivity index (χ0v) is 16.0. The number of rotatable bonds is 4. The minimum absolute atomic E-state index is 0.0522. The number of fused-ring (bicyclic) bond motifs is 1. The van der Waals surface area contributed by atoms with Crippen LogP contribution in [0.15, 0.2) is 24.3 Å². The fourth-order valence-electron chi connectivity index (χ4n) is 4.72. The standard InChI is InChI=1S/C21H26FN3O3/c22-17-7-3-4-8-18(17)23-11-13-24(14-12-23)19(26)9-10-25-20(27)15-5-1-2-6-16(15)21(25)28/h3-4,7-8,15-16H,1-2,5-6,9-14H2. The quantitative estimate of drug-likeness (QED) is 0.742. The highest BCUT2D eigenvalue weighted by molar-refractivity contribution is 6.05. The molecule has 0 aromatic heterocycles. The number of likely N-dealkylation sites (tertiary alicyclic amines) is 1. The largest absolute Gasteiger partial charge is 0.366 e. The van der Waals surface area contributed by atoms with Gasteiger partial charge in [-0.1, -0.05) is 25.0 Å². The van der Waals surface area contributed by atoms with Gasteiger partial charge in [0.05, 0.1) is 17.5 Å². The molecule has 7 heteroatoms. The van der Waals surface area contributed by atoms with Crippen molar-refractivity contribution in [1.82, 2.24) is 9.80 Å². The highest BCUT2D eigenvalue weighted by Crippen LogP contribution is 2.38. The number of amides is 3. The summed E-state index contributed by atoms with van der Waals surface area (Å²) in [6, 6.07) is 6.65. The molecule has 1 saturated carbocycles. The molecule has 4 rings (SSSR count). The number of hydrogen-bond donors (Lipinski definition) is 0. The van der Waals surface area contributed by atoms with Crippen LogP contribution in [0.2, 0.25) is 0 Å². The summed E-state index contributed by atoms with van der Waals surface area (Å²) in [4.78, 5) is 42.6. The number of para-hydroxylation sites is 1. The van der Waals surface area contributed by atoms with E-state index in [0.29, 0.717) is 31.9 Å². The Balaban J connectivity index is 1.29. The summed E-state index contributed by atoms with van der Waals surface area (Å²) < 4.78 is 13.9. The molecule has 0 N–H and O–H groups in total. The third-order valence-electron chi connectivity index (χ3n) is 6.31. The van der Waals surface area contributed by atoms with Gasteiger partial charge in [-0.3, -0.25) is 19.3 Å². The maximum absolute atomic E-state index is 13.9. The van der Waals surface area contributed by atoms with E-state index in [0.717, 1.165) is 25.7 Å². The zero-order valence-electron chi connectivity index (χ0n) is 16.0. The number of hydrogen-bond acceptors (Lipinski definition) is 4. The van der Waals surface area contributed by atoms with Gasteiger partial charge in [0, 0.05) is 39.1 Å². The van der Waals surface area contributed by atoms with Crippen LogP contribution < -0.4 is 4.90 Å². The predicted molar refractivity (Wildman–Crippen MR) is 102 cm³/mol. The Bertz CT molecular complexity index is 752. The predicted octanol–water partition coefficient (Wildman–Crippen LogP) is 2.04. The SMILES string of the molecule is O=C(CCN1C(=O)C2CCCCC2C1=O)N1CCN(c2ccccc2F)CC1. The van der Waals surface area contributed by atoms with Gasteiger partial charge in [0.2, 0.25) is 17.7 Å². The Labute approximate surface area is 164 Å². The van der Waals surface area contributed by atoms with E-state index >= 15 is 0 Å². The van der Waals surface area contributed by atoms with Crippen molar-refractivity contribution in [1.29, 1.82) is 0 Å². The van der Waals surface area contributed by atoms with Crippen LogP contribution in [-0.4, -0.2) is 60.2 Å². The molecule has 1 aromatic carbocycles. The van der Waals surface area contributed by atoms with Gasteiger partial charge in [-0.15, -0.1) is 0 Å². The second-order valence-corrected chi connectivity index (χ2v) is 7.89. The molecular weight excluding hydrogens is 361 g/mol. The molecule has 1 aliphatic carbocycles. The highest BCUT2D eigenvalue weighted by Gasteiger charge is 2.47. The van der Waals surface area contributed by atoms with Gasteiger partial charge in [0.1, 0.15) is 5.82 Å². The molecule has 0 radical (unpaired) electrons. The van der Waals surface area contributed by atoms with Crippen LogP contribution in [0.4, 0.5) is 10.1 Å². The fourth-order valence-corrected chi connectivity index (χ4v) is 4.72. The van der Waals surface area contributed by atoms with E-state index in [1.807, 2.05) is 4.90 Å². The fraction of sp³-hybridized carbons (Fsp3) is 0.571. The molecular formula is C21H26FN3O3. The van der Waals surface area contributed by atoms with E-state index < -0.39 is 0 Å². The van der Waals surface area contributed by atoms with Crippen molar-refractivity contribution < 1.29 is 18.8 Å². The monoisotopic (exact) mass is 387 g/mol. The summed E-state index contributed by atoms with van der Waals surface area (Å²) >= 11 is 0. The summed E-state index contributed by atoms with van der Waals surface area (Å²) in [7, 11) is 0. The van der Waals surface area contributed by atoms with Crippen molar-refractivity contribution in [3.8, 4) is 0 Å². The van der Waals surface area contributed by atoms with Crippen LogP contribution in [-0.2, 0) is 14.4 Å². The lowest BCUT2D eigenvalue weighted by Crippen LogP contribution is -2.49. The van der Waals surface area contributed by atoms with Gasteiger partial charge in [-0.2, -0.15) is 0 Å². The first kappa shape index (κ1) is 18.9. The van der Waals surface area contributed by atoms with Crippen molar-refractivity contribution in [2.24, 2.45) is 11.8 Å². The molecule has 0 spiro atoms. The lowest BCUT2D eigenvalue weighted by Gasteiger charge is -2.36. The normalized spacial score (nSPS) is 25.2. The second kappa shape index (κ2) is 7.89. The Morgan fingerprint density at radius 1 is 0.964 bits per heavy atom. The highest BCUT2D eigenvalue weighted by atomic mass is 19.1. The Hall–Kier alpha value is -2.44. The van der Waals surface area contributed by atoms with E-state index in [1.54, 1.807) is 23.1 Å². The summed E-state index contributed by atoms with van der Waals surface area (Å²) in [5, 5.41) is 0. The van der Waals surface area contributed by atoms with Gasteiger partial charge in [0.25, 0.3) is 0 Å². The second-order valence-electron chi connectivity index (χ2n) is 7.89. The van der Waals surface area contributed by atoms with Crippen LogP contribution in [0.1, 0.15) is 32.1 Å². The molecule has 2 aliphatic heterocycles. The third-order valence-corrected chi connectivity index (χ3v) is 6.31. The lowest BCUT2D eigenvalue weighted by molar-refractivity contribution is -0.140. The Morgan fingerprint density at radius 3 is 2.18 bits per heavy atom. The Kier molecular flexibility index (Phi) is 5.33. The summed E-state index contributed by atoms with van der Waals surface area (Å²) in [6.45, 7) is 2.34. The van der Waals surface area contributed by atoms with Gasteiger partial charge < -0.3 is 9.80 Å². The van der Waals surface area contributed by atoms with Crippen molar-refractivity contribution in [2.45, 2.75) is 32.1 Å². The Morgan fingerprint density at radius 2 is 1.57 bits per heavy atom. The van der Waals surface area contributed by atoms with E-state index in [-0.39, 0.29) is 48.3 Å². The maximum atomic E-state index is 13.9. The first-order valence-corrected chi connectivity index (χ1v) is 10.2. The van der Waals surface area contributed by atoms with Crippen LogP contribution in [0.3, 0.4) is 0 Å². The van der Waals surface area contributed by atoms with Gasteiger partial charge in [-0.25, -0.2) is 4.39 Å². The van der Waals surface area contributed by atoms with Gasteiger partial charge in [0.15, 0.2) is 0 Å². The number of halogens is 1. The lowest BCUT2D eigenvalue weighted by atomic mass is 9.81. The van der Waals surface area contributed by atoms with Crippen LogP contribution in [0.25, 0.3) is 0 Å². The first-order valence-electron chi connectivity index (χ1n) is 10.2. The summed E-state index contributed by atoms with van der Waals surface area (Å²) in [5.41, 5.74) is 0.561. The molecule has 28 heavy (non-hydrogen) atoms. The van der Waals surface area contributed by atoms with Crippen LogP contribution in [0.5, 0.6) is 0 Å². The molecule has 1 aromatic rings. The van der Waals surface area contributed by atoms with E-state index in [1.165, 1.54) is 11.0 Å². The molecule has 2 heterocycles. The number of carbonyl (C=O) groups is 3. The van der Waals surface area contributed by atoms with Crippen molar-refractivity contribution in [2.75, 3.05) is 37.6 Å².